The van der Waals surface area contributed by atoms with Crippen molar-refractivity contribution in [2.24, 2.45) is 0 Å². The van der Waals surface area contributed by atoms with Crippen LogP contribution in [0.25, 0.3) is 0 Å². The van der Waals surface area contributed by atoms with Crippen molar-refractivity contribution in [2.45, 2.75) is 12.8 Å². The lowest BCUT2D eigenvalue weighted by Crippen LogP contribution is -2.14. The summed E-state index contributed by atoms with van der Waals surface area (Å²) in [6, 6.07) is 3.18. The van der Waals surface area contributed by atoms with Crippen molar-refractivity contribution >= 4 is 17.6 Å². The topological polar surface area (TPSA) is 49.8 Å². The Balaban J connectivity index is 2.98. The smallest absolute Gasteiger partial charge is 0.339 e. The number of rotatable bonds is 6. The van der Waals surface area contributed by atoms with Gasteiger partial charge in [0.05, 0.1) is 7.11 Å². The van der Waals surface area contributed by atoms with Gasteiger partial charge in [0.1, 0.15) is 11.3 Å². The lowest BCUT2D eigenvalue weighted by molar-refractivity contribution is 0.0693. The lowest BCUT2D eigenvalue weighted by Gasteiger charge is -2.13. The Bertz CT molecular complexity index is 432. The monoisotopic (exact) mass is 271 g/mol. The number of hydrogen-bond acceptors (Lipinski definition) is 3. The third-order valence-corrected chi connectivity index (χ3v) is 2.83. The van der Waals surface area contributed by atoms with Gasteiger partial charge in [0.2, 0.25) is 0 Å². The number of aromatic carboxylic acids is 1. The van der Waals surface area contributed by atoms with Crippen molar-refractivity contribution < 1.29 is 14.6 Å². The van der Waals surface area contributed by atoms with E-state index < -0.39 is 5.97 Å². The SMILES string of the molecule is COc1c(CCCN(C)C)cc(Cl)cc1C(=O)O. The van der Waals surface area contributed by atoms with Crippen molar-refractivity contribution in [3.05, 3.63) is 28.3 Å². The molecule has 18 heavy (non-hydrogen) atoms. The second kappa shape index (κ2) is 6.61. The number of methoxy groups -OCH3 is 1. The number of aryl methyl sites for hydroxylation is 1. The highest BCUT2D eigenvalue weighted by molar-refractivity contribution is 6.31. The van der Waals surface area contributed by atoms with E-state index in [9.17, 15) is 4.79 Å². The fraction of sp³-hybridized carbons (Fsp3) is 0.462. The summed E-state index contributed by atoms with van der Waals surface area (Å²) in [6.07, 6.45) is 1.66. The van der Waals surface area contributed by atoms with Crippen LogP contribution in [0.1, 0.15) is 22.3 Å². The Labute approximate surface area is 112 Å². The molecule has 0 atom stereocenters. The van der Waals surface area contributed by atoms with Gasteiger partial charge in [0, 0.05) is 5.02 Å². The van der Waals surface area contributed by atoms with Crippen molar-refractivity contribution in [3.8, 4) is 5.75 Å². The second-order valence-electron chi connectivity index (χ2n) is 4.36. The molecule has 0 saturated heterocycles. The number of halogens is 1. The van der Waals surface area contributed by atoms with Crippen molar-refractivity contribution in [1.29, 1.82) is 0 Å². The summed E-state index contributed by atoms with van der Waals surface area (Å²) in [6.45, 7) is 0.929. The summed E-state index contributed by atoms with van der Waals surface area (Å²) in [4.78, 5) is 13.2. The number of ether oxygens (including phenoxy) is 1. The molecule has 0 bridgehead atoms. The molecule has 0 spiro atoms. The van der Waals surface area contributed by atoms with E-state index >= 15 is 0 Å². The fourth-order valence-corrected chi connectivity index (χ4v) is 2.06. The normalized spacial score (nSPS) is 10.7. The third-order valence-electron chi connectivity index (χ3n) is 2.62. The number of hydrogen-bond donors (Lipinski definition) is 1. The minimum absolute atomic E-state index is 0.116. The molecule has 0 aliphatic rings. The van der Waals surface area contributed by atoms with Gasteiger partial charge in [-0.2, -0.15) is 0 Å². The molecule has 1 rings (SSSR count). The van der Waals surface area contributed by atoms with E-state index in [1.165, 1.54) is 13.2 Å². The van der Waals surface area contributed by atoms with Crippen LogP contribution in [0.4, 0.5) is 0 Å². The van der Waals surface area contributed by atoms with Gasteiger partial charge in [0.15, 0.2) is 0 Å². The molecule has 0 radical (unpaired) electrons. The molecule has 100 valence electrons. The van der Waals surface area contributed by atoms with Gasteiger partial charge in [0.25, 0.3) is 0 Å². The van der Waals surface area contributed by atoms with Crippen molar-refractivity contribution in [2.75, 3.05) is 27.7 Å². The Morgan fingerprint density at radius 1 is 1.44 bits per heavy atom. The maximum atomic E-state index is 11.1. The summed E-state index contributed by atoms with van der Waals surface area (Å²) in [5.74, 6) is -0.617. The summed E-state index contributed by atoms with van der Waals surface area (Å²) >= 11 is 5.94. The van der Waals surface area contributed by atoms with Crippen LogP contribution in [-0.2, 0) is 6.42 Å². The summed E-state index contributed by atoms with van der Waals surface area (Å²) < 4.78 is 5.20. The van der Waals surface area contributed by atoms with Crippen molar-refractivity contribution in [3.63, 3.8) is 0 Å². The predicted octanol–water partition coefficient (Wildman–Crippen LogP) is 2.54. The Morgan fingerprint density at radius 2 is 2.11 bits per heavy atom. The molecule has 0 unspecified atom stereocenters. The molecule has 0 fully saturated rings. The Morgan fingerprint density at radius 3 is 2.61 bits per heavy atom. The van der Waals surface area contributed by atoms with Crippen LogP contribution in [0.3, 0.4) is 0 Å². The van der Waals surface area contributed by atoms with E-state index in [0.29, 0.717) is 10.8 Å². The second-order valence-corrected chi connectivity index (χ2v) is 4.79. The zero-order chi connectivity index (χ0) is 13.7. The third kappa shape index (κ3) is 3.89. The molecule has 5 heteroatoms. The highest BCUT2D eigenvalue weighted by Crippen LogP contribution is 2.29. The van der Waals surface area contributed by atoms with Crippen LogP contribution < -0.4 is 4.74 Å². The largest absolute Gasteiger partial charge is 0.496 e. The first-order valence-electron chi connectivity index (χ1n) is 5.70. The Hall–Kier alpha value is -1.26. The summed E-state index contributed by atoms with van der Waals surface area (Å²) in [7, 11) is 5.47. The maximum absolute atomic E-state index is 11.1. The predicted molar refractivity (Wildman–Crippen MR) is 71.8 cm³/mol. The molecule has 1 N–H and O–H groups in total. The van der Waals surface area contributed by atoms with E-state index in [-0.39, 0.29) is 5.56 Å². The zero-order valence-electron chi connectivity index (χ0n) is 10.9. The number of carboxylic acid groups (broad SMARTS) is 1. The average molecular weight is 272 g/mol. The van der Waals surface area contributed by atoms with E-state index in [1.807, 2.05) is 14.1 Å². The van der Waals surface area contributed by atoms with E-state index in [1.54, 1.807) is 6.07 Å². The van der Waals surface area contributed by atoms with Crippen LogP contribution in [0.15, 0.2) is 12.1 Å². The molecule has 1 aromatic carbocycles. The molecule has 0 aliphatic carbocycles. The number of carbonyl (C=O) groups is 1. The molecule has 1 aromatic rings. The maximum Gasteiger partial charge on any atom is 0.339 e. The molecular formula is C13H18ClNO3. The van der Waals surface area contributed by atoms with E-state index in [0.717, 1.165) is 24.9 Å². The quantitative estimate of drug-likeness (QED) is 0.864. The first-order chi connectivity index (χ1) is 8.45. The van der Waals surface area contributed by atoms with Crippen LogP contribution in [0, 0.1) is 0 Å². The fourth-order valence-electron chi connectivity index (χ4n) is 1.82. The first kappa shape index (κ1) is 14.8. The van der Waals surface area contributed by atoms with Gasteiger partial charge in [-0.25, -0.2) is 4.79 Å². The van der Waals surface area contributed by atoms with Crippen LogP contribution in [-0.4, -0.2) is 43.7 Å². The van der Waals surface area contributed by atoms with Crippen LogP contribution >= 0.6 is 11.6 Å². The minimum Gasteiger partial charge on any atom is -0.496 e. The number of carboxylic acids is 1. The summed E-state index contributed by atoms with van der Waals surface area (Å²) in [5.41, 5.74) is 0.953. The minimum atomic E-state index is -1.02. The molecule has 0 aromatic heterocycles. The van der Waals surface area contributed by atoms with E-state index in [2.05, 4.69) is 4.90 Å². The molecule has 0 aliphatic heterocycles. The standard InChI is InChI=1S/C13H18ClNO3/c1-15(2)6-4-5-9-7-10(14)8-11(13(16)17)12(9)18-3/h7-8H,4-6H2,1-3H3,(H,16,17). The van der Waals surface area contributed by atoms with Gasteiger partial charge < -0.3 is 14.7 Å². The summed E-state index contributed by atoms with van der Waals surface area (Å²) in [5, 5.41) is 9.54. The average Bonchev–Trinajstić information content (AvgIpc) is 2.27. The highest BCUT2D eigenvalue weighted by atomic mass is 35.5. The van der Waals surface area contributed by atoms with Gasteiger partial charge in [-0.3, -0.25) is 0 Å². The molecule has 4 nitrogen and oxygen atoms in total. The molecule has 0 heterocycles. The Kier molecular flexibility index (Phi) is 5.44. The lowest BCUT2D eigenvalue weighted by atomic mass is 10.0. The number of nitrogens with zero attached hydrogens (tertiary/aromatic N) is 1. The van der Waals surface area contributed by atoms with Crippen LogP contribution in [0.5, 0.6) is 5.75 Å². The molecular weight excluding hydrogens is 254 g/mol. The van der Waals surface area contributed by atoms with Crippen molar-refractivity contribution in [1.82, 2.24) is 4.90 Å². The zero-order valence-corrected chi connectivity index (χ0v) is 11.6. The molecule has 0 amide bonds. The van der Waals surface area contributed by atoms with Gasteiger partial charge >= 0.3 is 5.97 Å². The van der Waals surface area contributed by atoms with Gasteiger partial charge in [-0.05, 0) is 51.2 Å². The molecule has 0 saturated carbocycles. The van der Waals surface area contributed by atoms with Crippen LogP contribution in [0.2, 0.25) is 5.02 Å². The highest BCUT2D eigenvalue weighted by Gasteiger charge is 2.16. The number of benzene rings is 1. The van der Waals surface area contributed by atoms with Gasteiger partial charge in [-0.15, -0.1) is 0 Å². The first-order valence-corrected chi connectivity index (χ1v) is 6.08. The van der Waals surface area contributed by atoms with E-state index in [4.69, 9.17) is 21.4 Å². The van der Waals surface area contributed by atoms with Gasteiger partial charge in [-0.1, -0.05) is 11.6 Å².